The molecule has 2 aromatic rings. The molecule has 3 heterocycles. The highest BCUT2D eigenvalue weighted by Crippen LogP contribution is 2.37. The number of fused-ring (bicyclic) bond motifs is 1. The van der Waals surface area contributed by atoms with Crippen molar-refractivity contribution in [1.29, 1.82) is 0 Å². The summed E-state index contributed by atoms with van der Waals surface area (Å²) in [5.74, 6) is -3.37. The van der Waals surface area contributed by atoms with E-state index in [1.807, 2.05) is 0 Å². The second kappa shape index (κ2) is 5.24. The Morgan fingerprint density at radius 2 is 2.18 bits per heavy atom. The number of carbonyl (C=O) groups is 1. The van der Waals surface area contributed by atoms with Crippen LogP contribution in [0.25, 0.3) is 5.78 Å². The number of carbonyl (C=O) groups excluding carboxylic acids is 1. The topological polar surface area (TPSA) is 76.5 Å². The molecule has 0 spiro atoms. The summed E-state index contributed by atoms with van der Waals surface area (Å²) < 4.78 is 40.7. The van der Waals surface area contributed by atoms with Crippen molar-refractivity contribution in [3.63, 3.8) is 0 Å². The first-order valence-corrected chi connectivity index (χ1v) is 6.71. The molecular weight excluding hydrogens is 299 g/mol. The van der Waals surface area contributed by atoms with Gasteiger partial charge in [-0.15, -0.1) is 0 Å². The first-order valence-electron chi connectivity index (χ1n) is 6.71. The van der Waals surface area contributed by atoms with E-state index in [0.717, 1.165) is 0 Å². The van der Waals surface area contributed by atoms with E-state index in [1.165, 1.54) is 0 Å². The van der Waals surface area contributed by atoms with Gasteiger partial charge in [-0.2, -0.15) is 13.2 Å². The molecule has 0 bridgehead atoms. The predicted molar refractivity (Wildman–Crippen MR) is 70.5 cm³/mol. The molecule has 9 heteroatoms. The van der Waals surface area contributed by atoms with Crippen molar-refractivity contribution < 1.29 is 18.0 Å². The lowest BCUT2D eigenvalue weighted by molar-refractivity contribution is -0.182. The molecule has 6 nitrogen and oxygen atoms in total. The Balaban J connectivity index is 1.77. The highest BCUT2D eigenvalue weighted by Gasteiger charge is 2.51. The van der Waals surface area contributed by atoms with Gasteiger partial charge in [-0.05, 0) is 6.07 Å². The van der Waals surface area contributed by atoms with E-state index >= 15 is 0 Å². The van der Waals surface area contributed by atoms with Crippen LogP contribution >= 0.6 is 0 Å². The molecule has 2 aromatic heterocycles. The van der Waals surface area contributed by atoms with Crippen LogP contribution in [0.2, 0.25) is 0 Å². The number of hydrogen-bond donors (Lipinski definition) is 1. The molecule has 0 saturated carbocycles. The lowest BCUT2D eigenvalue weighted by Crippen LogP contribution is -2.37. The van der Waals surface area contributed by atoms with Gasteiger partial charge in [-0.25, -0.2) is 9.97 Å². The van der Waals surface area contributed by atoms with Gasteiger partial charge in [-0.1, -0.05) is 0 Å². The Labute approximate surface area is 123 Å². The maximum atomic E-state index is 13.0. The van der Waals surface area contributed by atoms with Gasteiger partial charge in [-0.3, -0.25) is 14.1 Å². The van der Waals surface area contributed by atoms with Gasteiger partial charge in [0.1, 0.15) is 0 Å². The number of hydrogen-bond acceptors (Lipinski definition) is 4. The van der Waals surface area contributed by atoms with Gasteiger partial charge in [0.2, 0.25) is 11.7 Å². The van der Waals surface area contributed by atoms with Crippen molar-refractivity contribution >= 4 is 11.7 Å². The number of primary amides is 1. The molecule has 1 fully saturated rings. The SMILES string of the molecule is NC(=O)[C@@H]1CN(Cc2cn3cccnc3n2)C[C@H]1C(F)(F)F. The van der Waals surface area contributed by atoms with Crippen molar-refractivity contribution in [3.05, 3.63) is 30.4 Å². The molecule has 1 aliphatic rings. The largest absolute Gasteiger partial charge is 0.393 e. The van der Waals surface area contributed by atoms with E-state index in [-0.39, 0.29) is 19.6 Å². The first-order chi connectivity index (χ1) is 10.3. The highest BCUT2D eigenvalue weighted by molar-refractivity contribution is 5.77. The Hall–Kier alpha value is -2.16. The van der Waals surface area contributed by atoms with Crippen LogP contribution in [0.5, 0.6) is 0 Å². The number of nitrogens with two attached hydrogens (primary N) is 1. The zero-order chi connectivity index (χ0) is 15.9. The van der Waals surface area contributed by atoms with Crippen molar-refractivity contribution in [1.82, 2.24) is 19.3 Å². The van der Waals surface area contributed by atoms with Crippen LogP contribution in [0.1, 0.15) is 5.69 Å². The van der Waals surface area contributed by atoms with Crippen LogP contribution in [-0.2, 0) is 11.3 Å². The number of aromatic nitrogens is 3. The molecule has 22 heavy (non-hydrogen) atoms. The lowest BCUT2D eigenvalue weighted by atomic mass is 9.95. The van der Waals surface area contributed by atoms with Crippen LogP contribution in [0, 0.1) is 11.8 Å². The molecule has 0 aliphatic carbocycles. The quantitative estimate of drug-likeness (QED) is 0.910. The fraction of sp³-hybridized carbons (Fsp3) is 0.462. The molecular formula is C13H14F3N5O. The van der Waals surface area contributed by atoms with Crippen molar-refractivity contribution in [2.24, 2.45) is 17.6 Å². The number of imidazole rings is 1. The summed E-state index contributed by atoms with van der Waals surface area (Å²) in [7, 11) is 0. The van der Waals surface area contributed by atoms with Gasteiger partial charge >= 0.3 is 6.18 Å². The molecule has 0 unspecified atom stereocenters. The summed E-state index contributed by atoms with van der Waals surface area (Å²) in [4.78, 5) is 21.1. The van der Waals surface area contributed by atoms with Crippen LogP contribution in [-0.4, -0.2) is 44.4 Å². The molecule has 0 radical (unpaired) electrons. The van der Waals surface area contributed by atoms with E-state index in [0.29, 0.717) is 11.5 Å². The summed E-state index contributed by atoms with van der Waals surface area (Å²) in [5.41, 5.74) is 5.71. The molecule has 1 saturated heterocycles. The number of likely N-dealkylation sites (tertiary alicyclic amines) is 1. The highest BCUT2D eigenvalue weighted by atomic mass is 19.4. The standard InChI is InChI=1S/C13H14F3N5O/c14-13(15,16)10-7-20(6-9(10)11(17)22)4-8-5-21-3-1-2-18-12(21)19-8/h1-3,5,9-10H,4,6-7H2,(H2,17,22)/t9-,10-/m1/s1. The third kappa shape index (κ3) is 2.76. The number of nitrogens with zero attached hydrogens (tertiary/aromatic N) is 4. The van der Waals surface area contributed by atoms with Crippen LogP contribution < -0.4 is 5.73 Å². The third-order valence-electron chi connectivity index (χ3n) is 3.85. The first kappa shape index (κ1) is 14.8. The molecule has 118 valence electrons. The lowest BCUT2D eigenvalue weighted by Gasteiger charge is -2.18. The minimum atomic E-state index is -4.44. The Morgan fingerprint density at radius 3 is 2.77 bits per heavy atom. The van der Waals surface area contributed by atoms with Gasteiger partial charge in [0.25, 0.3) is 0 Å². The van der Waals surface area contributed by atoms with E-state index in [9.17, 15) is 18.0 Å². The van der Waals surface area contributed by atoms with Crippen molar-refractivity contribution in [2.45, 2.75) is 12.7 Å². The summed E-state index contributed by atoms with van der Waals surface area (Å²) >= 11 is 0. The number of halogens is 3. The fourth-order valence-electron chi connectivity index (χ4n) is 2.82. The van der Waals surface area contributed by atoms with Gasteiger partial charge in [0.15, 0.2) is 0 Å². The zero-order valence-corrected chi connectivity index (χ0v) is 11.5. The minimum Gasteiger partial charge on any atom is -0.369 e. The average Bonchev–Trinajstić information content (AvgIpc) is 3.01. The van der Waals surface area contributed by atoms with Gasteiger partial charge in [0, 0.05) is 38.2 Å². The normalized spacial score (nSPS) is 23.2. The van der Waals surface area contributed by atoms with E-state index in [4.69, 9.17) is 5.73 Å². The molecule has 2 N–H and O–H groups in total. The summed E-state index contributed by atoms with van der Waals surface area (Å²) in [6, 6.07) is 1.73. The number of rotatable bonds is 3. The van der Waals surface area contributed by atoms with E-state index in [1.54, 1.807) is 34.0 Å². The zero-order valence-electron chi connectivity index (χ0n) is 11.5. The number of amides is 1. The van der Waals surface area contributed by atoms with Gasteiger partial charge < -0.3 is 5.73 Å². The second-order valence-corrected chi connectivity index (χ2v) is 5.41. The summed E-state index contributed by atoms with van der Waals surface area (Å²) in [6.45, 7) is -0.0427. The predicted octanol–water partition coefficient (Wildman–Crippen LogP) is 0.825. The Morgan fingerprint density at radius 1 is 1.41 bits per heavy atom. The van der Waals surface area contributed by atoms with Crippen molar-refractivity contribution in [2.75, 3.05) is 13.1 Å². The molecule has 1 amide bonds. The Kier molecular flexibility index (Phi) is 3.51. The van der Waals surface area contributed by atoms with Gasteiger partial charge in [0.05, 0.1) is 17.5 Å². The molecule has 0 aromatic carbocycles. The maximum Gasteiger partial charge on any atom is 0.393 e. The average molecular weight is 313 g/mol. The van der Waals surface area contributed by atoms with Crippen molar-refractivity contribution in [3.8, 4) is 0 Å². The maximum absolute atomic E-state index is 13.0. The number of alkyl halides is 3. The molecule has 3 rings (SSSR count). The molecule has 1 aliphatic heterocycles. The second-order valence-electron chi connectivity index (χ2n) is 5.41. The van der Waals surface area contributed by atoms with Crippen LogP contribution in [0.4, 0.5) is 13.2 Å². The summed E-state index contributed by atoms with van der Waals surface area (Å²) in [6.07, 6.45) is 0.621. The third-order valence-corrected chi connectivity index (χ3v) is 3.85. The van der Waals surface area contributed by atoms with Crippen LogP contribution in [0.3, 0.4) is 0 Å². The fourth-order valence-corrected chi connectivity index (χ4v) is 2.82. The molecule has 2 atom stereocenters. The van der Waals surface area contributed by atoms with Crippen LogP contribution in [0.15, 0.2) is 24.7 Å². The monoisotopic (exact) mass is 313 g/mol. The smallest absolute Gasteiger partial charge is 0.369 e. The van der Waals surface area contributed by atoms with E-state index in [2.05, 4.69) is 9.97 Å². The van der Waals surface area contributed by atoms with E-state index < -0.39 is 23.9 Å². The summed E-state index contributed by atoms with van der Waals surface area (Å²) in [5, 5.41) is 0. The minimum absolute atomic E-state index is 0.0131. The Bertz CT molecular complexity index is 665.